The van der Waals surface area contributed by atoms with E-state index in [-0.39, 0.29) is 0 Å². The van der Waals surface area contributed by atoms with Crippen LogP contribution in [0.4, 0.5) is 0 Å². The summed E-state index contributed by atoms with van der Waals surface area (Å²) < 4.78 is 7.36. The van der Waals surface area contributed by atoms with Crippen LogP contribution in [0.1, 0.15) is 62.5 Å². The Morgan fingerprint density at radius 2 is 1.97 bits per heavy atom. The number of nitrogens with two attached hydrogens (primary N) is 1. The summed E-state index contributed by atoms with van der Waals surface area (Å²) in [5, 5.41) is 5.63. The maximum atomic E-state index is 6.13. The van der Waals surface area contributed by atoms with E-state index in [9.17, 15) is 0 Å². The lowest BCUT2D eigenvalue weighted by Gasteiger charge is -2.26. The monoisotopic (exact) mass is 403 g/mol. The highest BCUT2D eigenvalue weighted by Gasteiger charge is 2.23. The molecule has 1 saturated carbocycles. The first-order valence-corrected chi connectivity index (χ1v) is 10.8. The molecule has 156 valence electrons. The fourth-order valence-corrected chi connectivity index (χ4v) is 4.95. The quantitative estimate of drug-likeness (QED) is 0.503. The summed E-state index contributed by atoms with van der Waals surface area (Å²) in [7, 11) is 1.67. The second-order valence-corrected chi connectivity index (χ2v) is 8.81. The van der Waals surface area contributed by atoms with Crippen molar-refractivity contribution in [2.75, 3.05) is 7.11 Å². The first-order chi connectivity index (χ1) is 14.5. The third kappa shape index (κ3) is 3.16. The molecule has 0 unspecified atom stereocenters. The number of rotatable bonds is 4. The molecule has 0 atom stereocenters. The summed E-state index contributed by atoms with van der Waals surface area (Å²) in [6.45, 7) is 4.51. The van der Waals surface area contributed by atoms with Gasteiger partial charge in [-0.1, -0.05) is 19.9 Å². The van der Waals surface area contributed by atoms with Gasteiger partial charge in [-0.3, -0.25) is 0 Å². The molecule has 0 spiro atoms. The maximum absolute atomic E-state index is 6.13. The minimum atomic E-state index is 0.372. The summed E-state index contributed by atoms with van der Waals surface area (Å²) in [4.78, 5) is 7.97. The van der Waals surface area contributed by atoms with Crippen molar-refractivity contribution in [2.45, 2.75) is 57.4 Å². The van der Waals surface area contributed by atoms with Crippen LogP contribution in [0.25, 0.3) is 27.8 Å². The Bertz CT molecular complexity index is 1200. The molecule has 1 fully saturated rings. The molecule has 30 heavy (non-hydrogen) atoms. The van der Waals surface area contributed by atoms with Crippen molar-refractivity contribution < 1.29 is 4.74 Å². The van der Waals surface area contributed by atoms with Crippen LogP contribution in [0, 0.1) is 0 Å². The SMILES string of the molecule is COc1cc(-c2[nH]c3ccc(C4CCC(N)CC4)cc3c2C(C)C)cn2ncnc12. The Hall–Kier alpha value is -2.86. The minimum Gasteiger partial charge on any atom is -0.493 e. The van der Waals surface area contributed by atoms with Crippen molar-refractivity contribution in [2.24, 2.45) is 5.73 Å². The molecule has 0 bridgehead atoms. The second-order valence-electron chi connectivity index (χ2n) is 8.81. The molecule has 0 radical (unpaired) electrons. The normalized spacial score (nSPS) is 19.8. The number of nitrogens with zero attached hydrogens (tertiary/aromatic N) is 3. The lowest BCUT2D eigenvalue weighted by Crippen LogP contribution is -2.25. The van der Waals surface area contributed by atoms with Crippen LogP contribution in [-0.4, -0.2) is 32.7 Å². The number of ether oxygens (including phenoxy) is 1. The van der Waals surface area contributed by atoms with E-state index in [4.69, 9.17) is 10.5 Å². The van der Waals surface area contributed by atoms with E-state index in [1.165, 1.54) is 34.9 Å². The van der Waals surface area contributed by atoms with Gasteiger partial charge in [0.15, 0.2) is 11.4 Å². The summed E-state index contributed by atoms with van der Waals surface area (Å²) in [5.74, 6) is 1.71. The topological polar surface area (TPSA) is 81.2 Å². The van der Waals surface area contributed by atoms with E-state index in [0.717, 1.165) is 35.5 Å². The molecular formula is C24H29N5O. The zero-order valence-corrected chi connectivity index (χ0v) is 17.9. The maximum Gasteiger partial charge on any atom is 0.197 e. The van der Waals surface area contributed by atoms with Gasteiger partial charge in [-0.25, -0.2) is 9.50 Å². The minimum absolute atomic E-state index is 0.372. The Kier molecular flexibility index (Phi) is 4.74. The Morgan fingerprint density at radius 3 is 2.70 bits per heavy atom. The number of fused-ring (bicyclic) bond motifs is 2. The fraction of sp³-hybridized carbons (Fsp3) is 0.417. The van der Waals surface area contributed by atoms with E-state index in [1.54, 1.807) is 18.0 Å². The van der Waals surface area contributed by atoms with Crippen molar-refractivity contribution in [1.29, 1.82) is 0 Å². The van der Waals surface area contributed by atoms with Gasteiger partial charge in [0.05, 0.1) is 12.8 Å². The summed E-state index contributed by atoms with van der Waals surface area (Å²) >= 11 is 0. The molecule has 1 aromatic carbocycles. The van der Waals surface area contributed by atoms with Crippen LogP contribution in [0.5, 0.6) is 5.75 Å². The smallest absolute Gasteiger partial charge is 0.197 e. The number of nitrogens with one attached hydrogen (secondary N) is 1. The lowest BCUT2D eigenvalue weighted by atomic mass is 9.81. The van der Waals surface area contributed by atoms with Gasteiger partial charge in [-0.05, 0) is 66.8 Å². The summed E-state index contributed by atoms with van der Waals surface area (Å²) in [5.41, 5.74) is 13.0. The van der Waals surface area contributed by atoms with Gasteiger partial charge in [0.25, 0.3) is 0 Å². The molecule has 3 heterocycles. The number of aromatic nitrogens is 4. The number of aromatic amines is 1. The molecule has 3 aromatic heterocycles. The molecule has 5 rings (SSSR count). The van der Waals surface area contributed by atoms with Crippen LogP contribution in [-0.2, 0) is 0 Å². The molecule has 6 nitrogen and oxygen atoms in total. The summed E-state index contributed by atoms with van der Waals surface area (Å²) in [6, 6.07) is 9.34. The third-order valence-electron chi connectivity index (χ3n) is 6.53. The van der Waals surface area contributed by atoms with E-state index < -0.39 is 0 Å². The fourth-order valence-electron chi connectivity index (χ4n) is 4.95. The van der Waals surface area contributed by atoms with E-state index in [1.807, 2.05) is 12.3 Å². The number of benzene rings is 1. The van der Waals surface area contributed by atoms with Crippen molar-refractivity contribution >= 4 is 16.6 Å². The molecule has 0 amide bonds. The van der Waals surface area contributed by atoms with Gasteiger partial charge in [0, 0.05) is 28.7 Å². The van der Waals surface area contributed by atoms with E-state index >= 15 is 0 Å². The second kappa shape index (κ2) is 7.43. The average Bonchev–Trinajstić information content (AvgIpc) is 3.37. The third-order valence-corrected chi connectivity index (χ3v) is 6.53. The predicted molar refractivity (Wildman–Crippen MR) is 120 cm³/mol. The van der Waals surface area contributed by atoms with Crippen LogP contribution in [0.2, 0.25) is 0 Å². The largest absolute Gasteiger partial charge is 0.493 e. The van der Waals surface area contributed by atoms with Gasteiger partial charge in [0.2, 0.25) is 0 Å². The average molecular weight is 404 g/mol. The highest BCUT2D eigenvalue weighted by molar-refractivity contribution is 5.92. The van der Waals surface area contributed by atoms with Gasteiger partial charge >= 0.3 is 0 Å². The molecule has 4 aromatic rings. The van der Waals surface area contributed by atoms with Crippen molar-refractivity contribution in [3.63, 3.8) is 0 Å². The molecule has 6 heteroatoms. The number of methoxy groups -OCH3 is 1. The first kappa shape index (κ1) is 19.1. The van der Waals surface area contributed by atoms with E-state index in [0.29, 0.717) is 17.9 Å². The molecular weight excluding hydrogens is 374 g/mol. The lowest BCUT2D eigenvalue weighted by molar-refractivity contribution is 0.396. The van der Waals surface area contributed by atoms with Gasteiger partial charge in [-0.2, -0.15) is 5.10 Å². The summed E-state index contributed by atoms with van der Waals surface area (Å²) in [6.07, 6.45) is 8.18. The number of hydrogen-bond acceptors (Lipinski definition) is 4. The molecule has 1 aliphatic rings. The van der Waals surface area contributed by atoms with Gasteiger partial charge in [0.1, 0.15) is 6.33 Å². The predicted octanol–water partition coefficient (Wildman–Crippen LogP) is 4.99. The van der Waals surface area contributed by atoms with Crippen LogP contribution in [0.3, 0.4) is 0 Å². The zero-order valence-electron chi connectivity index (χ0n) is 17.9. The molecule has 0 aliphatic heterocycles. The number of hydrogen-bond donors (Lipinski definition) is 2. The first-order valence-electron chi connectivity index (χ1n) is 10.8. The van der Waals surface area contributed by atoms with E-state index in [2.05, 4.69) is 47.1 Å². The van der Waals surface area contributed by atoms with Crippen LogP contribution >= 0.6 is 0 Å². The highest BCUT2D eigenvalue weighted by atomic mass is 16.5. The Balaban J connectivity index is 1.65. The number of H-pyrrole nitrogens is 1. The van der Waals surface area contributed by atoms with Crippen LogP contribution < -0.4 is 10.5 Å². The Labute approximate surface area is 176 Å². The zero-order chi connectivity index (χ0) is 20.8. The van der Waals surface area contributed by atoms with Gasteiger partial charge < -0.3 is 15.5 Å². The van der Waals surface area contributed by atoms with Crippen molar-refractivity contribution in [3.8, 4) is 17.0 Å². The molecule has 1 aliphatic carbocycles. The standard InChI is InChI=1S/C24H29N5O/c1-14(2)22-19-10-16(15-4-7-18(25)8-5-15)6-9-20(19)28-23(22)17-11-21(30-3)24-26-13-27-29(24)12-17/h6,9-15,18,28H,4-5,7-8,25H2,1-3H3. The van der Waals surface area contributed by atoms with Crippen LogP contribution in [0.15, 0.2) is 36.8 Å². The Morgan fingerprint density at radius 1 is 1.17 bits per heavy atom. The van der Waals surface area contributed by atoms with Crippen molar-refractivity contribution in [3.05, 3.63) is 47.9 Å². The van der Waals surface area contributed by atoms with Crippen molar-refractivity contribution in [1.82, 2.24) is 19.6 Å². The number of pyridine rings is 1. The molecule has 0 saturated heterocycles. The van der Waals surface area contributed by atoms with Gasteiger partial charge in [-0.15, -0.1) is 0 Å². The highest BCUT2D eigenvalue weighted by Crippen LogP contribution is 2.40. The molecule has 3 N–H and O–H groups in total.